The molecule has 0 bridgehead atoms. The second-order valence-electron chi connectivity index (χ2n) is 6.74. The lowest BCUT2D eigenvalue weighted by Crippen LogP contribution is -2.40. The number of carbonyl (C=O) groups excluding carboxylic acids is 2. The fourth-order valence-electron chi connectivity index (χ4n) is 3.55. The maximum Gasteiger partial charge on any atom is 0.355 e. The summed E-state index contributed by atoms with van der Waals surface area (Å²) >= 11 is 5.80. The van der Waals surface area contributed by atoms with Crippen LogP contribution in [0.25, 0.3) is 0 Å². The van der Waals surface area contributed by atoms with Crippen molar-refractivity contribution < 1.29 is 14.3 Å². The Balaban J connectivity index is 1.49. The predicted octanol–water partition coefficient (Wildman–Crippen LogP) is 4.00. The van der Waals surface area contributed by atoms with Crippen molar-refractivity contribution >= 4 is 23.5 Å². The van der Waals surface area contributed by atoms with E-state index >= 15 is 0 Å². The number of hydrogen-bond donors (Lipinski definition) is 1. The molecule has 6 heteroatoms. The van der Waals surface area contributed by atoms with E-state index in [9.17, 15) is 9.59 Å². The predicted molar refractivity (Wildman–Crippen MR) is 106 cm³/mol. The number of amides is 1. The van der Waals surface area contributed by atoms with Gasteiger partial charge >= 0.3 is 5.97 Å². The van der Waals surface area contributed by atoms with Crippen LogP contribution in [0.1, 0.15) is 33.1 Å². The topological polar surface area (TPSA) is 62.4 Å². The summed E-state index contributed by atoms with van der Waals surface area (Å²) in [4.78, 5) is 29.2. The summed E-state index contributed by atoms with van der Waals surface area (Å²) in [5.74, 6) is -0.730. The molecule has 1 aromatic heterocycles. The Bertz CT molecular complexity index is 1000. The number of aromatic amines is 1. The fourth-order valence-corrected chi connectivity index (χ4v) is 3.71. The summed E-state index contributed by atoms with van der Waals surface area (Å²) in [5.41, 5.74) is 3.73. The molecule has 0 saturated heterocycles. The zero-order valence-corrected chi connectivity index (χ0v) is 15.9. The van der Waals surface area contributed by atoms with E-state index in [1.54, 1.807) is 4.90 Å². The molecule has 4 rings (SSSR count). The molecule has 142 valence electrons. The van der Waals surface area contributed by atoms with Gasteiger partial charge in [0.2, 0.25) is 0 Å². The number of hydrogen-bond acceptors (Lipinski definition) is 3. The summed E-state index contributed by atoms with van der Waals surface area (Å²) in [6, 6.07) is 19.8. The Morgan fingerprint density at radius 2 is 1.86 bits per heavy atom. The Morgan fingerprint density at radius 1 is 1.11 bits per heavy atom. The Hall–Kier alpha value is -3.05. The standard InChI is InChI=1S/C22H19ClN2O3/c23-17-10-20(24-11-17)22(27)28-14-21(26)25-12-16-8-4-5-9-18(16)19(13-25)15-6-2-1-3-7-15/h1-11,19,24H,12-14H2. The maximum absolute atomic E-state index is 12.7. The van der Waals surface area contributed by atoms with Crippen molar-refractivity contribution in [2.45, 2.75) is 12.5 Å². The molecule has 1 atom stereocenters. The molecule has 28 heavy (non-hydrogen) atoms. The summed E-state index contributed by atoms with van der Waals surface area (Å²) in [6.07, 6.45) is 1.49. The van der Waals surface area contributed by atoms with E-state index in [0.29, 0.717) is 18.1 Å². The van der Waals surface area contributed by atoms with Crippen LogP contribution < -0.4 is 0 Å². The van der Waals surface area contributed by atoms with Crippen molar-refractivity contribution in [1.29, 1.82) is 0 Å². The van der Waals surface area contributed by atoms with Gasteiger partial charge in [-0.3, -0.25) is 4.79 Å². The van der Waals surface area contributed by atoms with E-state index in [0.717, 1.165) is 11.1 Å². The molecule has 1 unspecified atom stereocenters. The number of esters is 1. The van der Waals surface area contributed by atoms with Gasteiger partial charge in [-0.25, -0.2) is 4.79 Å². The van der Waals surface area contributed by atoms with Crippen LogP contribution in [0, 0.1) is 0 Å². The first-order chi connectivity index (χ1) is 13.6. The zero-order valence-electron chi connectivity index (χ0n) is 15.1. The number of halogens is 1. The second kappa shape index (κ2) is 7.90. The summed E-state index contributed by atoms with van der Waals surface area (Å²) in [7, 11) is 0. The molecule has 1 aliphatic heterocycles. The number of fused-ring (bicyclic) bond motifs is 1. The van der Waals surface area contributed by atoms with Crippen LogP contribution in [0.15, 0.2) is 66.9 Å². The molecule has 2 heterocycles. The van der Waals surface area contributed by atoms with Crippen LogP contribution in [0.4, 0.5) is 0 Å². The van der Waals surface area contributed by atoms with Crippen LogP contribution in [-0.4, -0.2) is 34.9 Å². The molecular formula is C22H19ClN2O3. The van der Waals surface area contributed by atoms with Crippen molar-refractivity contribution in [2.24, 2.45) is 0 Å². The molecule has 5 nitrogen and oxygen atoms in total. The average molecular weight is 395 g/mol. The first kappa shape index (κ1) is 18.3. The number of nitrogens with one attached hydrogen (secondary N) is 1. The Kier molecular flexibility index (Phi) is 5.17. The van der Waals surface area contributed by atoms with Crippen molar-refractivity contribution in [3.63, 3.8) is 0 Å². The molecule has 0 spiro atoms. The average Bonchev–Trinajstić information content (AvgIpc) is 3.18. The van der Waals surface area contributed by atoms with Gasteiger partial charge in [-0.05, 0) is 22.8 Å². The smallest absolute Gasteiger partial charge is 0.355 e. The monoisotopic (exact) mass is 394 g/mol. The highest BCUT2D eigenvalue weighted by molar-refractivity contribution is 6.30. The van der Waals surface area contributed by atoms with Crippen molar-refractivity contribution in [2.75, 3.05) is 13.2 Å². The normalized spacial score (nSPS) is 15.8. The first-order valence-corrected chi connectivity index (χ1v) is 9.41. The Labute approximate surface area is 167 Å². The highest BCUT2D eigenvalue weighted by atomic mass is 35.5. The quantitative estimate of drug-likeness (QED) is 0.680. The molecule has 0 radical (unpaired) electrons. The third-order valence-electron chi connectivity index (χ3n) is 4.94. The second-order valence-corrected chi connectivity index (χ2v) is 7.18. The maximum atomic E-state index is 12.7. The van der Waals surface area contributed by atoms with Crippen LogP contribution >= 0.6 is 11.6 Å². The van der Waals surface area contributed by atoms with Crippen LogP contribution in [0.3, 0.4) is 0 Å². The van der Waals surface area contributed by atoms with Gasteiger partial charge in [-0.1, -0.05) is 66.2 Å². The third-order valence-corrected chi connectivity index (χ3v) is 5.16. The van der Waals surface area contributed by atoms with Gasteiger partial charge in [0.15, 0.2) is 6.61 Å². The molecular weight excluding hydrogens is 376 g/mol. The van der Waals surface area contributed by atoms with Gasteiger partial charge in [0, 0.05) is 25.2 Å². The highest BCUT2D eigenvalue weighted by Crippen LogP contribution is 2.33. The molecule has 0 saturated carbocycles. The SMILES string of the molecule is O=C(OCC(=O)N1Cc2ccccc2C(c2ccccc2)C1)c1cc(Cl)c[nH]1. The number of carbonyl (C=O) groups is 2. The van der Waals surface area contributed by atoms with Crippen LogP contribution in [0.2, 0.25) is 5.02 Å². The summed E-state index contributed by atoms with van der Waals surface area (Å²) in [6.45, 7) is 0.745. The van der Waals surface area contributed by atoms with Gasteiger partial charge in [-0.15, -0.1) is 0 Å². The molecule has 1 amide bonds. The summed E-state index contributed by atoms with van der Waals surface area (Å²) in [5, 5.41) is 0.414. The van der Waals surface area contributed by atoms with E-state index in [4.69, 9.17) is 16.3 Å². The molecule has 0 aliphatic carbocycles. The minimum absolute atomic E-state index is 0.0908. The van der Waals surface area contributed by atoms with Gasteiger partial charge in [0.1, 0.15) is 5.69 Å². The van der Waals surface area contributed by atoms with E-state index in [1.165, 1.54) is 17.8 Å². The lowest BCUT2D eigenvalue weighted by molar-refractivity contribution is -0.135. The fraction of sp³-hybridized carbons (Fsp3) is 0.182. The largest absolute Gasteiger partial charge is 0.451 e. The van der Waals surface area contributed by atoms with Crippen molar-refractivity contribution in [1.82, 2.24) is 9.88 Å². The lowest BCUT2D eigenvalue weighted by Gasteiger charge is -2.35. The zero-order chi connectivity index (χ0) is 19.5. The van der Waals surface area contributed by atoms with Crippen molar-refractivity contribution in [3.8, 4) is 0 Å². The minimum Gasteiger partial charge on any atom is -0.451 e. The van der Waals surface area contributed by atoms with E-state index in [-0.39, 0.29) is 24.1 Å². The van der Waals surface area contributed by atoms with Crippen LogP contribution in [-0.2, 0) is 16.1 Å². The number of nitrogens with zero attached hydrogens (tertiary/aromatic N) is 1. The number of H-pyrrole nitrogens is 1. The van der Waals surface area contributed by atoms with Gasteiger partial charge in [0.05, 0.1) is 5.02 Å². The van der Waals surface area contributed by atoms with E-state index in [1.807, 2.05) is 36.4 Å². The van der Waals surface area contributed by atoms with E-state index in [2.05, 4.69) is 23.2 Å². The first-order valence-electron chi connectivity index (χ1n) is 9.03. The third kappa shape index (κ3) is 3.80. The van der Waals surface area contributed by atoms with Crippen molar-refractivity contribution in [3.05, 3.63) is 94.3 Å². The van der Waals surface area contributed by atoms with E-state index < -0.39 is 5.97 Å². The molecule has 1 N–H and O–H groups in total. The number of rotatable bonds is 4. The molecule has 0 fully saturated rings. The summed E-state index contributed by atoms with van der Waals surface area (Å²) < 4.78 is 5.17. The van der Waals surface area contributed by atoms with Gasteiger partial charge in [0.25, 0.3) is 5.91 Å². The molecule has 2 aromatic carbocycles. The van der Waals surface area contributed by atoms with Gasteiger partial charge < -0.3 is 14.6 Å². The number of ether oxygens (including phenoxy) is 1. The Morgan fingerprint density at radius 3 is 2.61 bits per heavy atom. The highest BCUT2D eigenvalue weighted by Gasteiger charge is 2.29. The van der Waals surface area contributed by atoms with Gasteiger partial charge in [-0.2, -0.15) is 0 Å². The molecule has 3 aromatic rings. The number of benzene rings is 2. The number of aromatic nitrogens is 1. The van der Waals surface area contributed by atoms with Crippen LogP contribution in [0.5, 0.6) is 0 Å². The lowest BCUT2D eigenvalue weighted by atomic mass is 9.84. The molecule has 1 aliphatic rings. The minimum atomic E-state index is -0.600.